The number of hydrogen-bond acceptors (Lipinski definition) is 3. The Morgan fingerprint density at radius 3 is 2.89 bits per heavy atom. The van der Waals surface area contributed by atoms with Gasteiger partial charge in [-0.1, -0.05) is 18.5 Å². The number of carbonyl (C=O) groups is 1. The lowest BCUT2D eigenvalue weighted by molar-refractivity contribution is -0.120. The molecule has 4 nitrogen and oxygen atoms in total. The molecule has 0 saturated carbocycles. The summed E-state index contributed by atoms with van der Waals surface area (Å²) < 4.78 is 0. The Labute approximate surface area is 117 Å². The van der Waals surface area contributed by atoms with Crippen molar-refractivity contribution < 1.29 is 4.79 Å². The highest BCUT2D eigenvalue weighted by atomic mass is 35.5. The van der Waals surface area contributed by atoms with E-state index in [2.05, 4.69) is 10.3 Å². The molecule has 0 fully saturated rings. The molecule has 1 amide bonds. The van der Waals surface area contributed by atoms with Crippen molar-refractivity contribution in [3.05, 3.63) is 35.5 Å². The van der Waals surface area contributed by atoms with Gasteiger partial charge >= 0.3 is 0 Å². The second-order valence-corrected chi connectivity index (χ2v) is 5.13. The first-order valence-corrected chi connectivity index (χ1v) is 6.47. The molecular formula is C14H16ClN3O. The highest BCUT2D eigenvalue weighted by molar-refractivity contribution is 6.35. The second kappa shape index (κ2) is 5.15. The number of aromatic nitrogens is 1. The third-order valence-electron chi connectivity index (χ3n) is 3.22. The number of halogens is 1. The van der Waals surface area contributed by atoms with E-state index in [9.17, 15) is 4.79 Å². The lowest BCUT2D eigenvalue weighted by atomic mass is 9.99. The van der Waals surface area contributed by atoms with Gasteiger partial charge in [0.2, 0.25) is 5.91 Å². The molecule has 19 heavy (non-hydrogen) atoms. The number of nitrogens with zero attached hydrogens (tertiary/aromatic N) is 1. The van der Waals surface area contributed by atoms with Gasteiger partial charge in [0.1, 0.15) is 0 Å². The van der Waals surface area contributed by atoms with E-state index < -0.39 is 5.54 Å². The van der Waals surface area contributed by atoms with Gasteiger partial charge in [-0.3, -0.25) is 9.78 Å². The number of rotatable bonds is 3. The van der Waals surface area contributed by atoms with Crippen LogP contribution in [-0.4, -0.2) is 16.4 Å². The number of nitrogens with two attached hydrogens (primary N) is 1. The first-order chi connectivity index (χ1) is 8.95. The monoisotopic (exact) mass is 277 g/mol. The van der Waals surface area contributed by atoms with Crippen LogP contribution in [0.5, 0.6) is 0 Å². The maximum absolute atomic E-state index is 12.1. The molecule has 100 valence electrons. The van der Waals surface area contributed by atoms with Gasteiger partial charge in [-0.2, -0.15) is 0 Å². The molecule has 1 unspecified atom stereocenters. The van der Waals surface area contributed by atoms with Gasteiger partial charge in [0.05, 0.1) is 21.8 Å². The van der Waals surface area contributed by atoms with Crippen molar-refractivity contribution in [2.24, 2.45) is 5.73 Å². The van der Waals surface area contributed by atoms with Crippen LogP contribution in [0.2, 0.25) is 5.02 Å². The summed E-state index contributed by atoms with van der Waals surface area (Å²) in [6, 6.07) is 7.14. The van der Waals surface area contributed by atoms with Crippen LogP contribution in [0.4, 0.5) is 5.69 Å². The standard InChI is InChI=1S/C14H16ClN3O/c1-3-14(2,16)13(19)18-11-7-6-10(15)12-9(11)5-4-8-17-12/h4-8H,3,16H2,1-2H3,(H,18,19). The van der Waals surface area contributed by atoms with E-state index in [-0.39, 0.29) is 5.91 Å². The third-order valence-corrected chi connectivity index (χ3v) is 3.53. The quantitative estimate of drug-likeness (QED) is 0.906. The van der Waals surface area contributed by atoms with E-state index in [4.69, 9.17) is 17.3 Å². The number of nitrogens with one attached hydrogen (secondary N) is 1. The van der Waals surface area contributed by atoms with E-state index in [1.165, 1.54) is 0 Å². The zero-order valence-corrected chi connectivity index (χ0v) is 11.7. The molecule has 0 spiro atoms. The van der Waals surface area contributed by atoms with E-state index >= 15 is 0 Å². The summed E-state index contributed by atoms with van der Waals surface area (Å²) in [7, 11) is 0. The molecule has 0 saturated heterocycles. The molecule has 3 N–H and O–H groups in total. The van der Waals surface area contributed by atoms with E-state index in [1.807, 2.05) is 13.0 Å². The van der Waals surface area contributed by atoms with Crippen LogP contribution in [0.3, 0.4) is 0 Å². The minimum Gasteiger partial charge on any atom is -0.324 e. The first kappa shape index (κ1) is 13.8. The predicted molar refractivity (Wildman–Crippen MR) is 78.3 cm³/mol. The summed E-state index contributed by atoms with van der Waals surface area (Å²) in [5.41, 5.74) is 6.37. The largest absolute Gasteiger partial charge is 0.324 e. The minimum absolute atomic E-state index is 0.220. The number of fused-ring (bicyclic) bond motifs is 1. The maximum atomic E-state index is 12.1. The predicted octanol–water partition coefficient (Wildman–Crippen LogP) is 2.95. The van der Waals surface area contributed by atoms with E-state index in [1.54, 1.807) is 31.3 Å². The Kier molecular flexibility index (Phi) is 3.73. The third kappa shape index (κ3) is 2.69. The molecule has 0 aliphatic rings. The average molecular weight is 278 g/mol. The van der Waals surface area contributed by atoms with Gasteiger partial charge in [0.25, 0.3) is 0 Å². The summed E-state index contributed by atoms with van der Waals surface area (Å²) in [5.74, 6) is -0.220. The Bertz CT molecular complexity index is 625. The summed E-state index contributed by atoms with van der Waals surface area (Å²) in [4.78, 5) is 16.3. The molecule has 2 rings (SSSR count). The topological polar surface area (TPSA) is 68.0 Å². The van der Waals surface area contributed by atoms with Gasteiger partial charge in [-0.05, 0) is 37.6 Å². The van der Waals surface area contributed by atoms with Crippen molar-refractivity contribution in [2.75, 3.05) is 5.32 Å². The SMILES string of the molecule is CCC(C)(N)C(=O)Nc1ccc(Cl)c2ncccc12. The zero-order valence-electron chi connectivity index (χ0n) is 10.9. The second-order valence-electron chi connectivity index (χ2n) is 4.72. The van der Waals surface area contributed by atoms with Crippen LogP contribution < -0.4 is 11.1 Å². The fourth-order valence-electron chi connectivity index (χ4n) is 1.67. The summed E-state index contributed by atoms with van der Waals surface area (Å²) in [6.45, 7) is 3.58. The normalized spacial score (nSPS) is 14.1. The smallest absolute Gasteiger partial charge is 0.244 e. The molecular weight excluding hydrogens is 262 g/mol. The summed E-state index contributed by atoms with van der Waals surface area (Å²) >= 11 is 6.08. The molecule has 5 heteroatoms. The van der Waals surface area contributed by atoms with Crippen molar-refractivity contribution in [1.82, 2.24) is 4.98 Å². The van der Waals surface area contributed by atoms with Crippen LogP contribution in [0.25, 0.3) is 10.9 Å². The molecule has 1 aromatic heterocycles. The Balaban J connectivity index is 2.42. The number of anilines is 1. The van der Waals surface area contributed by atoms with Crippen molar-refractivity contribution in [1.29, 1.82) is 0 Å². The lowest BCUT2D eigenvalue weighted by Gasteiger charge is -2.22. The van der Waals surface area contributed by atoms with Crippen LogP contribution in [0.15, 0.2) is 30.5 Å². The van der Waals surface area contributed by atoms with Crippen LogP contribution in [0.1, 0.15) is 20.3 Å². The average Bonchev–Trinajstić information content (AvgIpc) is 2.42. The molecule has 2 aromatic rings. The Hall–Kier alpha value is -1.65. The lowest BCUT2D eigenvalue weighted by Crippen LogP contribution is -2.47. The van der Waals surface area contributed by atoms with Gasteiger partial charge in [-0.25, -0.2) is 0 Å². The van der Waals surface area contributed by atoms with Crippen molar-refractivity contribution in [3.8, 4) is 0 Å². The maximum Gasteiger partial charge on any atom is 0.244 e. The first-order valence-electron chi connectivity index (χ1n) is 6.09. The van der Waals surface area contributed by atoms with Gasteiger partial charge in [0, 0.05) is 11.6 Å². The molecule has 0 radical (unpaired) electrons. The molecule has 0 aliphatic heterocycles. The van der Waals surface area contributed by atoms with E-state index in [0.717, 1.165) is 5.39 Å². The molecule has 1 atom stereocenters. The molecule has 1 aromatic carbocycles. The number of benzene rings is 1. The van der Waals surface area contributed by atoms with Crippen molar-refractivity contribution in [3.63, 3.8) is 0 Å². The summed E-state index contributed by atoms with van der Waals surface area (Å²) in [6.07, 6.45) is 2.22. The minimum atomic E-state index is -0.895. The highest BCUT2D eigenvalue weighted by Crippen LogP contribution is 2.28. The number of hydrogen-bond donors (Lipinski definition) is 2. The van der Waals surface area contributed by atoms with Gasteiger partial charge < -0.3 is 11.1 Å². The van der Waals surface area contributed by atoms with Crippen molar-refractivity contribution in [2.45, 2.75) is 25.8 Å². The van der Waals surface area contributed by atoms with Crippen LogP contribution in [0, 0.1) is 0 Å². The zero-order chi connectivity index (χ0) is 14.0. The Morgan fingerprint density at radius 1 is 1.47 bits per heavy atom. The molecule has 0 bridgehead atoms. The number of amides is 1. The van der Waals surface area contributed by atoms with Gasteiger partial charge in [0.15, 0.2) is 0 Å². The molecule has 0 aliphatic carbocycles. The van der Waals surface area contributed by atoms with E-state index in [0.29, 0.717) is 22.6 Å². The van der Waals surface area contributed by atoms with Crippen molar-refractivity contribution >= 4 is 34.1 Å². The number of carbonyl (C=O) groups excluding carboxylic acids is 1. The fraction of sp³-hybridized carbons (Fsp3) is 0.286. The van der Waals surface area contributed by atoms with Crippen LogP contribution >= 0.6 is 11.6 Å². The Morgan fingerprint density at radius 2 is 2.21 bits per heavy atom. The van der Waals surface area contributed by atoms with Gasteiger partial charge in [-0.15, -0.1) is 0 Å². The molecule has 1 heterocycles. The summed E-state index contributed by atoms with van der Waals surface area (Å²) in [5, 5.41) is 4.20. The number of pyridine rings is 1. The fourth-order valence-corrected chi connectivity index (χ4v) is 1.89. The van der Waals surface area contributed by atoms with Crippen LogP contribution in [-0.2, 0) is 4.79 Å². The highest BCUT2D eigenvalue weighted by Gasteiger charge is 2.26.